The molecule has 0 bridgehead atoms. The van der Waals surface area contributed by atoms with Crippen molar-refractivity contribution < 1.29 is 14.4 Å². The van der Waals surface area contributed by atoms with Crippen molar-refractivity contribution in [1.82, 2.24) is 20.4 Å². The highest BCUT2D eigenvalue weighted by molar-refractivity contribution is 5.75. The van der Waals surface area contributed by atoms with Crippen molar-refractivity contribution in [2.24, 2.45) is 0 Å². The van der Waals surface area contributed by atoms with Gasteiger partial charge in [0, 0.05) is 19.5 Å². The van der Waals surface area contributed by atoms with Gasteiger partial charge in [-0.05, 0) is 36.1 Å². The Morgan fingerprint density at radius 2 is 2.03 bits per heavy atom. The molecule has 2 atom stereocenters. The summed E-state index contributed by atoms with van der Waals surface area (Å²) in [6.07, 6.45) is -0.217. The summed E-state index contributed by atoms with van der Waals surface area (Å²) < 4.78 is 5.22. The summed E-state index contributed by atoms with van der Waals surface area (Å²) in [6.45, 7) is 4.43. The largest absolute Gasteiger partial charge is 0.391 e. The number of hydrogen-bond acceptors (Lipinski definition) is 5. The van der Waals surface area contributed by atoms with Crippen LogP contribution in [0.1, 0.15) is 35.3 Å². The summed E-state index contributed by atoms with van der Waals surface area (Å²) in [5, 5.41) is 16.8. The lowest BCUT2D eigenvalue weighted by Crippen LogP contribution is -2.40. The third-order valence-corrected chi connectivity index (χ3v) is 5.19. The van der Waals surface area contributed by atoms with Gasteiger partial charge < -0.3 is 19.8 Å². The Bertz CT molecular complexity index is 1000. The highest BCUT2D eigenvalue weighted by Crippen LogP contribution is 2.31. The van der Waals surface area contributed by atoms with Crippen LogP contribution in [0.15, 0.2) is 53.1 Å². The van der Waals surface area contributed by atoms with E-state index in [9.17, 15) is 9.90 Å². The molecule has 7 nitrogen and oxygen atoms in total. The maximum absolute atomic E-state index is 12.7. The molecule has 1 saturated heterocycles. The Balaban J connectivity index is 1.43. The average molecular weight is 392 g/mol. The highest BCUT2D eigenvalue weighted by atomic mass is 16.5. The summed E-state index contributed by atoms with van der Waals surface area (Å²) in [5.41, 5.74) is 4.51. The molecule has 2 heterocycles. The van der Waals surface area contributed by atoms with E-state index in [-0.39, 0.29) is 12.6 Å². The number of carbonyl (C=O) groups is 1. The van der Waals surface area contributed by atoms with Gasteiger partial charge in [0.15, 0.2) is 5.82 Å². The number of hydrogen-bond donors (Lipinski definition) is 2. The number of aryl methyl sites for hydroxylation is 2. The minimum absolute atomic E-state index is 0.240. The number of nitrogens with zero attached hydrogens (tertiary/aromatic N) is 3. The van der Waals surface area contributed by atoms with Crippen molar-refractivity contribution in [2.75, 3.05) is 6.54 Å². The smallest absolute Gasteiger partial charge is 0.318 e. The molecule has 1 aliphatic heterocycles. The number of amides is 2. The third kappa shape index (κ3) is 4.14. The zero-order chi connectivity index (χ0) is 20.4. The molecule has 4 rings (SSSR count). The normalized spacial score (nSPS) is 18.8. The molecule has 7 heteroatoms. The maximum atomic E-state index is 12.7. The monoisotopic (exact) mass is 392 g/mol. The van der Waals surface area contributed by atoms with Crippen LogP contribution in [0.5, 0.6) is 0 Å². The number of aliphatic hydroxyl groups is 1. The van der Waals surface area contributed by atoms with Gasteiger partial charge in [-0.2, -0.15) is 4.98 Å². The second-order valence-electron chi connectivity index (χ2n) is 7.41. The molecule has 2 amide bonds. The molecule has 1 fully saturated rings. The first-order valence-corrected chi connectivity index (χ1v) is 9.69. The number of carbonyl (C=O) groups excluding carboxylic acids is 1. The number of aliphatic hydroxyl groups excluding tert-OH is 1. The van der Waals surface area contributed by atoms with Crippen molar-refractivity contribution in [3.8, 4) is 11.1 Å². The SMILES string of the molecule is Cc1noc([C@H]2C[C@H](O)CN2C(=O)NCc2ccc(-c3ccccc3)c(C)c2)n1. The molecule has 1 aromatic heterocycles. The molecular formula is C22H24N4O3. The first-order chi connectivity index (χ1) is 14.0. The lowest BCUT2D eigenvalue weighted by molar-refractivity contribution is 0.166. The lowest BCUT2D eigenvalue weighted by Gasteiger charge is -2.22. The van der Waals surface area contributed by atoms with E-state index in [1.807, 2.05) is 24.3 Å². The van der Waals surface area contributed by atoms with E-state index < -0.39 is 12.1 Å². The van der Waals surface area contributed by atoms with Crippen molar-refractivity contribution in [1.29, 1.82) is 0 Å². The molecule has 0 unspecified atom stereocenters. The number of benzene rings is 2. The van der Waals surface area contributed by atoms with Crippen LogP contribution in [0.3, 0.4) is 0 Å². The standard InChI is InChI=1S/C22H24N4O3/c1-14-10-16(8-9-19(14)17-6-4-3-5-7-17)12-23-22(28)26-13-18(27)11-20(26)21-24-15(2)25-29-21/h3-10,18,20,27H,11-13H2,1-2H3,(H,23,28)/t18-,20+/m0/s1. The van der Waals surface area contributed by atoms with Gasteiger partial charge in [0.05, 0.1) is 6.10 Å². The molecule has 0 radical (unpaired) electrons. The van der Waals surface area contributed by atoms with Crippen LogP contribution in [0.4, 0.5) is 4.79 Å². The maximum Gasteiger partial charge on any atom is 0.318 e. The minimum atomic E-state index is -0.606. The van der Waals surface area contributed by atoms with Crippen molar-refractivity contribution in [3.05, 3.63) is 71.4 Å². The van der Waals surface area contributed by atoms with Gasteiger partial charge in [-0.1, -0.05) is 53.7 Å². The molecule has 0 spiro atoms. The summed E-state index contributed by atoms with van der Waals surface area (Å²) in [5.74, 6) is 0.869. The summed E-state index contributed by atoms with van der Waals surface area (Å²) in [7, 11) is 0. The van der Waals surface area contributed by atoms with Crippen LogP contribution in [-0.4, -0.2) is 38.8 Å². The first-order valence-electron chi connectivity index (χ1n) is 9.69. The number of likely N-dealkylation sites (tertiary alicyclic amines) is 1. The van der Waals surface area contributed by atoms with E-state index in [4.69, 9.17) is 4.52 Å². The molecule has 2 aromatic carbocycles. The van der Waals surface area contributed by atoms with Crippen molar-refractivity contribution >= 4 is 6.03 Å². The van der Waals surface area contributed by atoms with E-state index in [2.05, 4.69) is 46.6 Å². The molecule has 3 aromatic rings. The minimum Gasteiger partial charge on any atom is -0.391 e. The fourth-order valence-corrected chi connectivity index (χ4v) is 3.78. The van der Waals surface area contributed by atoms with Gasteiger partial charge in [-0.3, -0.25) is 0 Å². The third-order valence-electron chi connectivity index (χ3n) is 5.19. The van der Waals surface area contributed by atoms with Gasteiger partial charge in [0.2, 0.25) is 5.89 Å². The van der Waals surface area contributed by atoms with E-state index in [1.165, 1.54) is 11.1 Å². The molecule has 2 N–H and O–H groups in total. The van der Waals surface area contributed by atoms with Crippen LogP contribution >= 0.6 is 0 Å². The predicted molar refractivity (Wildman–Crippen MR) is 108 cm³/mol. The van der Waals surface area contributed by atoms with Crippen LogP contribution < -0.4 is 5.32 Å². The van der Waals surface area contributed by atoms with Gasteiger partial charge in [0.1, 0.15) is 6.04 Å². The van der Waals surface area contributed by atoms with Crippen LogP contribution in [0.25, 0.3) is 11.1 Å². The van der Waals surface area contributed by atoms with Gasteiger partial charge in [0.25, 0.3) is 0 Å². The fourth-order valence-electron chi connectivity index (χ4n) is 3.78. The predicted octanol–water partition coefficient (Wildman–Crippen LogP) is 3.37. The summed E-state index contributed by atoms with van der Waals surface area (Å²) in [4.78, 5) is 18.5. The van der Waals surface area contributed by atoms with Gasteiger partial charge in [-0.25, -0.2) is 4.79 Å². The number of β-amino-alcohol motifs (C(OH)–C–C–N with tert-alkyl or cyclic N) is 1. The Morgan fingerprint density at radius 3 is 2.72 bits per heavy atom. The molecule has 29 heavy (non-hydrogen) atoms. The Kier molecular flexibility index (Phi) is 5.31. The van der Waals surface area contributed by atoms with Crippen molar-refractivity contribution in [2.45, 2.75) is 39.0 Å². The molecular weight excluding hydrogens is 368 g/mol. The number of nitrogens with one attached hydrogen (secondary N) is 1. The number of urea groups is 1. The highest BCUT2D eigenvalue weighted by Gasteiger charge is 2.38. The Labute approximate surface area is 169 Å². The van der Waals surface area contributed by atoms with E-state index in [0.29, 0.717) is 24.7 Å². The molecule has 0 saturated carbocycles. The van der Waals surface area contributed by atoms with Gasteiger partial charge in [-0.15, -0.1) is 0 Å². The average Bonchev–Trinajstić information content (AvgIpc) is 3.32. The van der Waals surface area contributed by atoms with E-state index in [0.717, 1.165) is 11.1 Å². The molecule has 0 aliphatic carbocycles. The second-order valence-corrected chi connectivity index (χ2v) is 7.41. The summed E-state index contributed by atoms with van der Waals surface area (Å²) >= 11 is 0. The fraction of sp³-hybridized carbons (Fsp3) is 0.318. The zero-order valence-corrected chi connectivity index (χ0v) is 16.5. The molecule has 150 valence electrons. The Morgan fingerprint density at radius 1 is 1.24 bits per heavy atom. The second kappa shape index (κ2) is 8.05. The van der Waals surface area contributed by atoms with E-state index in [1.54, 1.807) is 11.8 Å². The summed E-state index contributed by atoms with van der Waals surface area (Å²) in [6, 6.07) is 15.7. The quantitative estimate of drug-likeness (QED) is 0.710. The first kappa shape index (κ1) is 19.1. The number of aromatic nitrogens is 2. The Hall–Kier alpha value is -3.19. The van der Waals surface area contributed by atoms with E-state index >= 15 is 0 Å². The molecule has 1 aliphatic rings. The van der Waals surface area contributed by atoms with Crippen LogP contribution in [0.2, 0.25) is 0 Å². The van der Waals surface area contributed by atoms with Crippen LogP contribution in [-0.2, 0) is 6.54 Å². The zero-order valence-electron chi connectivity index (χ0n) is 16.5. The topological polar surface area (TPSA) is 91.5 Å². The number of rotatable bonds is 4. The van der Waals surface area contributed by atoms with Crippen LogP contribution in [0, 0.1) is 13.8 Å². The lowest BCUT2D eigenvalue weighted by atomic mass is 9.98. The van der Waals surface area contributed by atoms with Crippen molar-refractivity contribution in [3.63, 3.8) is 0 Å². The van der Waals surface area contributed by atoms with Gasteiger partial charge >= 0.3 is 6.03 Å².